The molecule has 0 aromatic carbocycles. The Morgan fingerprint density at radius 1 is 1.39 bits per heavy atom. The third kappa shape index (κ3) is 2.06. The molecule has 2 aromatic rings. The largest absolute Gasteiger partial charge is 0.388 e. The summed E-state index contributed by atoms with van der Waals surface area (Å²) in [5, 5.41) is 9.96. The third-order valence-corrected chi connectivity index (χ3v) is 3.64. The predicted molar refractivity (Wildman–Crippen MR) is 70.4 cm³/mol. The van der Waals surface area contributed by atoms with Crippen molar-refractivity contribution >= 4 is 0 Å². The molecule has 0 fully saturated rings. The van der Waals surface area contributed by atoms with Gasteiger partial charge in [0, 0.05) is 23.1 Å². The molecule has 1 aliphatic rings. The van der Waals surface area contributed by atoms with E-state index in [0.29, 0.717) is 0 Å². The first-order valence-electron chi connectivity index (χ1n) is 6.52. The summed E-state index contributed by atoms with van der Waals surface area (Å²) in [6.07, 6.45) is 4.81. The summed E-state index contributed by atoms with van der Waals surface area (Å²) in [5.74, 6) is 0. The lowest BCUT2D eigenvalue weighted by Gasteiger charge is -2.20. The molecule has 0 spiro atoms. The molecule has 0 saturated carbocycles. The molecule has 0 radical (unpaired) electrons. The average molecular weight is 242 g/mol. The van der Waals surface area contributed by atoms with Crippen LogP contribution in [-0.2, 0) is 13.0 Å². The topological polar surface area (TPSA) is 38.0 Å². The lowest BCUT2D eigenvalue weighted by Crippen LogP contribution is -2.12. The average Bonchev–Trinajstić information content (AvgIpc) is 2.74. The van der Waals surface area contributed by atoms with Crippen LogP contribution in [0.2, 0.25) is 0 Å². The zero-order chi connectivity index (χ0) is 12.5. The van der Waals surface area contributed by atoms with Gasteiger partial charge in [-0.1, -0.05) is 6.07 Å². The molecule has 1 N–H and O–H groups in total. The SMILES string of the molecule is Cc1cccc(Cn2ccc3c2CCCC3O)n1. The van der Waals surface area contributed by atoms with Crippen molar-refractivity contribution in [2.45, 2.75) is 38.8 Å². The van der Waals surface area contributed by atoms with E-state index < -0.39 is 0 Å². The minimum atomic E-state index is -0.277. The fourth-order valence-corrected chi connectivity index (χ4v) is 2.74. The number of rotatable bonds is 2. The monoisotopic (exact) mass is 242 g/mol. The van der Waals surface area contributed by atoms with E-state index in [1.54, 1.807) is 0 Å². The van der Waals surface area contributed by atoms with Crippen LogP contribution in [0.5, 0.6) is 0 Å². The maximum atomic E-state index is 9.96. The van der Waals surface area contributed by atoms with Crippen LogP contribution in [0.3, 0.4) is 0 Å². The Labute approximate surface area is 107 Å². The van der Waals surface area contributed by atoms with Gasteiger partial charge in [-0.05, 0) is 44.4 Å². The van der Waals surface area contributed by atoms with Crippen LogP contribution in [0.4, 0.5) is 0 Å². The fourth-order valence-electron chi connectivity index (χ4n) is 2.74. The molecular formula is C15H18N2O. The molecule has 3 heteroatoms. The van der Waals surface area contributed by atoms with Crippen molar-refractivity contribution in [1.29, 1.82) is 0 Å². The molecule has 94 valence electrons. The number of aryl methyl sites for hydroxylation is 1. The first kappa shape index (κ1) is 11.5. The van der Waals surface area contributed by atoms with Gasteiger partial charge in [0.15, 0.2) is 0 Å². The zero-order valence-corrected chi connectivity index (χ0v) is 10.6. The number of hydrogen-bond donors (Lipinski definition) is 1. The molecule has 3 nitrogen and oxygen atoms in total. The van der Waals surface area contributed by atoms with Gasteiger partial charge in [-0.3, -0.25) is 4.98 Å². The Hall–Kier alpha value is -1.61. The molecule has 1 unspecified atom stereocenters. The second kappa shape index (κ2) is 4.58. The van der Waals surface area contributed by atoms with E-state index in [-0.39, 0.29) is 6.10 Å². The first-order valence-corrected chi connectivity index (χ1v) is 6.52. The van der Waals surface area contributed by atoms with Crippen molar-refractivity contribution in [3.05, 3.63) is 53.1 Å². The highest BCUT2D eigenvalue weighted by atomic mass is 16.3. The Bertz CT molecular complexity index is 559. The Morgan fingerprint density at radius 2 is 2.28 bits per heavy atom. The molecule has 0 amide bonds. The minimum Gasteiger partial charge on any atom is -0.388 e. The molecule has 0 aliphatic heterocycles. The van der Waals surface area contributed by atoms with Crippen molar-refractivity contribution < 1.29 is 5.11 Å². The number of aromatic nitrogens is 2. The van der Waals surface area contributed by atoms with Crippen LogP contribution in [0.25, 0.3) is 0 Å². The zero-order valence-electron chi connectivity index (χ0n) is 10.6. The van der Waals surface area contributed by atoms with Crippen LogP contribution in [0.1, 0.15) is 41.6 Å². The van der Waals surface area contributed by atoms with Gasteiger partial charge in [0.1, 0.15) is 0 Å². The Kier molecular flexibility index (Phi) is 2.92. The summed E-state index contributed by atoms with van der Waals surface area (Å²) in [4.78, 5) is 4.53. The maximum absolute atomic E-state index is 9.96. The van der Waals surface area contributed by atoms with Gasteiger partial charge in [-0.2, -0.15) is 0 Å². The second-order valence-corrected chi connectivity index (χ2v) is 5.02. The molecule has 2 heterocycles. The number of fused-ring (bicyclic) bond motifs is 1. The van der Waals surface area contributed by atoms with Crippen molar-refractivity contribution in [1.82, 2.24) is 9.55 Å². The van der Waals surface area contributed by atoms with Gasteiger partial charge in [0.2, 0.25) is 0 Å². The van der Waals surface area contributed by atoms with Crippen molar-refractivity contribution in [3.63, 3.8) is 0 Å². The molecular weight excluding hydrogens is 224 g/mol. The quantitative estimate of drug-likeness (QED) is 0.879. The van der Waals surface area contributed by atoms with E-state index in [0.717, 1.165) is 42.8 Å². The van der Waals surface area contributed by atoms with Crippen LogP contribution >= 0.6 is 0 Å². The second-order valence-electron chi connectivity index (χ2n) is 5.02. The number of pyridine rings is 1. The van der Waals surface area contributed by atoms with E-state index in [4.69, 9.17) is 0 Å². The number of hydrogen-bond acceptors (Lipinski definition) is 2. The van der Waals surface area contributed by atoms with Crippen molar-refractivity contribution in [3.8, 4) is 0 Å². The summed E-state index contributed by atoms with van der Waals surface area (Å²) in [6.45, 7) is 2.81. The molecule has 18 heavy (non-hydrogen) atoms. The predicted octanol–water partition coefficient (Wildman–Crippen LogP) is 2.61. The van der Waals surface area contributed by atoms with Crippen LogP contribution < -0.4 is 0 Å². The highest BCUT2D eigenvalue weighted by Gasteiger charge is 2.21. The van der Waals surface area contributed by atoms with E-state index in [2.05, 4.69) is 27.9 Å². The first-order chi connectivity index (χ1) is 8.74. The van der Waals surface area contributed by atoms with Gasteiger partial charge in [0.25, 0.3) is 0 Å². The van der Waals surface area contributed by atoms with Gasteiger partial charge in [-0.15, -0.1) is 0 Å². The highest BCUT2D eigenvalue weighted by molar-refractivity contribution is 5.28. The third-order valence-electron chi connectivity index (χ3n) is 3.64. The van der Waals surface area contributed by atoms with Gasteiger partial charge in [-0.25, -0.2) is 0 Å². The molecule has 1 aliphatic carbocycles. The smallest absolute Gasteiger partial charge is 0.0807 e. The van der Waals surface area contributed by atoms with E-state index in [9.17, 15) is 5.11 Å². The maximum Gasteiger partial charge on any atom is 0.0807 e. The lowest BCUT2D eigenvalue weighted by molar-refractivity contribution is 0.155. The van der Waals surface area contributed by atoms with Crippen LogP contribution in [-0.4, -0.2) is 14.7 Å². The van der Waals surface area contributed by atoms with E-state index in [1.807, 2.05) is 19.1 Å². The van der Waals surface area contributed by atoms with Gasteiger partial charge < -0.3 is 9.67 Å². The summed E-state index contributed by atoms with van der Waals surface area (Å²) < 4.78 is 2.22. The van der Waals surface area contributed by atoms with Crippen LogP contribution in [0, 0.1) is 6.92 Å². The van der Waals surface area contributed by atoms with Gasteiger partial charge >= 0.3 is 0 Å². The number of nitrogens with zero attached hydrogens (tertiary/aromatic N) is 2. The van der Waals surface area contributed by atoms with Gasteiger partial charge in [0.05, 0.1) is 18.3 Å². The summed E-state index contributed by atoms with van der Waals surface area (Å²) in [7, 11) is 0. The molecule has 3 rings (SSSR count). The van der Waals surface area contributed by atoms with E-state index >= 15 is 0 Å². The van der Waals surface area contributed by atoms with Crippen molar-refractivity contribution in [2.75, 3.05) is 0 Å². The molecule has 0 bridgehead atoms. The number of aliphatic hydroxyl groups excluding tert-OH is 1. The van der Waals surface area contributed by atoms with Crippen LogP contribution in [0.15, 0.2) is 30.5 Å². The Morgan fingerprint density at radius 3 is 3.11 bits per heavy atom. The lowest BCUT2D eigenvalue weighted by atomic mass is 9.95. The highest BCUT2D eigenvalue weighted by Crippen LogP contribution is 2.30. The molecule has 1 atom stereocenters. The molecule has 2 aromatic heterocycles. The Balaban J connectivity index is 1.90. The number of aliphatic hydroxyl groups is 1. The normalized spacial score (nSPS) is 18.7. The summed E-state index contributed by atoms with van der Waals surface area (Å²) in [5.41, 5.74) is 4.51. The molecule has 0 saturated heterocycles. The van der Waals surface area contributed by atoms with Crippen molar-refractivity contribution in [2.24, 2.45) is 0 Å². The summed E-state index contributed by atoms with van der Waals surface area (Å²) >= 11 is 0. The summed E-state index contributed by atoms with van der Waals surface area (Å²) in [6, 6.07) is 8.16. The van der Waals surface area contributed by atoms with E-state index in [1.165, 1.54) is 5.69 Å². The fraction of sp³-hybridized carbons (Fsp3) is 0.400. The minimum absolute atomic E-state index is 0.277. The standard InChI is InChI=1S/C15H18N2O/c1-11-4-2-5-12(16-11)10-17-9-8-13-14(17)6-3-7-15(13)18/h2,4-5,8-9,15,18H,3,6-7,10H2,1H3.